The molecule has 0 radical (unpaired) electrons. The molecule has 0 saturated carbocycles. The molecule has 0 bridgehead atoms. The van der Waals surface area contributed by atoms with Gasteiger partial charge in [-0.05, 0) is 0 Å². The Balaban J connectivity index is 2.61. The van der Waals surface area contributed by atoms with Crippen LogP contribution < -0.4 is 0 Å². The van der Waals surface area contributed by atoms with E-state index in [0.717, 1.165) is 8.20 Å². The molecule has 0 saturated heterocycles. The summed E-state index contributed by atoms with van der Waals surface area (Å²) in [7, 11) is 1.04. The Hall–Kier alpha value is -0.380. The lowest BCUT2D eigenvalue weighted by Gasteiger charge is -1.48. The van der Waals surface area contributed by atoms with Crippen LogP contribution in [0.5, 0.6) is 0 Å². The summed E-state index contributed by atoms with van der Waals surface area (Å²) in [4.78, 5) is 0. The Morgan fingerprint density at radius 1 is 1.80 bits per heavy atom. The first kappa shape index (κ1) is 2.84. The Kier molecular flexibility index (Phi) is 0.660. The Morgan fingerprint density at radius 3 is 3.00 bits per heavy atom. The summed E-state index contributed by atoms with van der Waals surface area (Å²) < 4.78 is 4.50. The third-order valence-corrected chi connectivity index (χ3v) is 0.790. The molecule has 24 valence electrons. The fourth-order valence-corrected chi connectivity index (χ4v) is 0.456. The smallest absolute Gasteiger partial charge is 0.232 e. The molecule has 0 aliphatic carbocycles. The van der Waals surface area contributed by atoms with Crippen molar-refractivity contribution in [3.8, 4) is 0 Å². The van der Waals surface area contributed by atoms with Crippen LogP contribution in [0.3, 0.4) is 0 Å². The predicted octanol–water partition coefficient (Wildman–Crippen LogP) is 1.07. The lowest BCUT2D eigenvalue weighted by atomic mass is 11.1. The predicted molar refractivity (Wildman–Crippen MR) is 22.2 cm³/mol. The summed E-state index contributed by atoms with van der Waals surface area (Å²) in [5, 5.41) is 0. The normalized spacial score (nSPS) is 17.6. The van der Waals surface area contributed by atoms with Crippen molar-refractivity contribution < 1.29 is 4.74 Å². The number of ether oxygens (including phenoxy) is 1. The molecule has 1 aliphatic heterocycles. The highest BCUT2D eigenvalue weighted by Gasteiger charge is 1.95. The van der Waals surface area contributed by atoms with Gasteiger partial charge in [0.1, 0.15) is 0 Å². The van der Waals surface area contributed by atoms with Crippen molar-refractivity contribution in [2.24, 2.45) is 0 Å². The standard InChI is InChI=1S/C3H2OP/c1-2-5-3-4-1/h1-2H/q+1. The average molecular weight is 85.0 g/mol. The zero-order chi connectivity index (χ0) is 3.54. The van der Waals surface area contributed by atoms with Crippen LogP contribution in [-0.2, 0) is 4.74 Å². The Bertz CT molecular complexity index is 65.0. The molecule has 5 heavy (non-hydrogen) atoms. The van der Waals surface area contributed by atoms with Gasteiger partial charge in [0.15, 0.2) is 6.26 Å². The molecule has 0 amide bonds. The number of hydrogen-bond acceptors (Lipinski definition) is 1. The van der Waals surface area contributed by atoms with Crippen molar-refractivity contribution in [3.63, 3.8) is 0 Å². The summed E-state index contributed by atoms with van der Waals surface area (Å²) >= 11 is 0. The van der Waals surface area contributed by atoms with Gasteiger partial charge in [-0.15, -0.1) is 0 Å². The van der Waals surface area contributed by atoms with Gasteiger partial charge in [0.05, 0.1) is 5.82 Å². The first-order valence-electron chi connectivity index (χ1n) is 1.25. The van der Waals surface area contributed by atoms with Gasteiger partial charge in [0.25, 0.3) is 8.20 Å². The van der Waals surface area contributed by atoms with Crippen molar-refractivity contribution >= 4 is 14.2 Å². The molecule has 0 aromatic rings. The molecular formula is C3H2OP+. The van der Waals surface area contributed by atoms with E-state index >= 15 is 0 Å². The van der Waals surface area contributed by atoms with Crippen LogP contribution in [0.4, 0.5) is 0 Å². The highest BCUT2D eigenvalue weighted by Crippen LogP contribution is 2.01. The largest absolute Gasteiger partial charge is 0.514 e. The SMILES string of the molecule is [C+]1=PC=CO1. The van der Waals surface area contributed by atoms with Crippen molar-refractivity contribution in [1.82, 2.24) is 0 Å². The molecule has 2 heteroatoms. The summed E-state index contributed by atoms with van der Waals surface area (Å²) in [6, 6.07) is 0. The second-order valence-corrected chi connectivity index (χ2v) is 1.36. The highest BCUT2D eigenvalue weighted by molar-refractivity contribution is 7.41. The van der Waals surface area contributed by atoms with Crippen LogP contribution in [0.15, 0.2) is 12.1 Å². The Labute approximate surface area is 32.1 Å². The molecule has 0 atom stereocenters. The van der Waals surface area contributed by atoms with Crippen LogP contribution >= 0.6 is 8.20 Å². The van der Waals surface area contributed by atoms with Gasteiger partial charge in [-0.2, -0.15) is 0 Å². The highest BCUT2D eigenvalue weighted by atomic mass is 31.1. The van der Waals surface area contributed by atoms with E-state index in [-0.39, 0.29) is 0 Å². The summed E-state index contributed by atoms with van der Waals surface area (Å²) in [5.41, 5.74) is 0. The van der Waals surface area contributed by atoms with E-state index in [1.54, 1.807) is 6.26 Å². The van der Waals surface area contributed by atoms with Crippen LogP contribution in [0.25, 0.3) is 0 Å². The molecule has 1 aliphatic rings. The summed E-state index contributed by atoms with van der Waals surface area (Å²) in [6.07, 6.45) is 1.61. The monoisotopic (exact) mass is 85.0 g/mol. The van der Waals surface area contributed by atoms with Crippen molar-refractivity contribution in [3.05, 3.63) is 12.1 Å². The molecule has 0 N–H and O–H groups in total. The fraction of sp³-hybridized carbons (Fsp3) is 0. The minimum Gasteiger partial charge on any atom is -0.232 e. The van der Waals surface area contributed by atoms with E-state index in [9.17, 15) is 0 Å². The fourth-order valence-electron chi connectivity index (χ4n) is 0.152. The van der Waals surface area contributed by atoms with Crippen molar-refractivity contribution in [2.45, 2.75) is 0 Å². The third kappa shape index (κ3) is 0.445. The zero-order valence-corrected chi connectivity index (χ0v) is 3.40. The first-order chi connectivity index (χ1) is 2.50. The van der Waals surface area contributed by atoms with Crippen LogP contribution in [-0.4, -0.2) is 5.98 Å². The average Bonchev–Trinajstić information content (AvgIpc) is 1.76. The van der Waals surface area contributed by atoms with Gasteiger partial charge in [0, 0.05) is 0 Å². The van der Waals surface area contributed by atoms with Crippen LogP contribution in [0.1, 0.15) is 0 Å². The molecule has 0 spiro atoms. The lowest BCUT2D eigenvalue weighted by Crippen LogP contribution is -1.58. The van der Waals surface area contributed by atoms with Gasteiger partial charge in [0.2, 0.25) is 0 Å². The van der Waals surface area contributed by atoms with Crippen LogP contribution in [0, 0.1) is 0 Å². The van der Waals surface area contributed by atoms with Crippen LogP contribution in [0.2, 0.25) is 0 Å². The summed E-state index contributed by atoms with van der Waals surface area (Å²) in [5.74, 6) is 4.46. The molecule has 1 nitrogen and oxygen atoms in total. The molecule has 1 rings (SSSR count). The van der Waals surface area contributed by atoms with E-state index in [4.69, 9.17) is 0 Å². The molecule has 0 unspecified atom stereocenters. The number of rotatable bonds is 0. The van der Waals surface area contributed by atoms with Crippen molar-refractivity contribution in [2.75, 3.05) is 0 Å². The van der Waals surface area contributed by atoms with Gasteiger partial charge in [-0.3, -0.25) is 0 Å². The Morgan fingerprint density at radius 2 is 2.80 bits per heavy atom. The van der Waals surface area contributed by atoms with Crippen molar-refractivity contribution in [1.29, 1.82) is 0 Å². The minimum atomic E-state index is 1.04. The van der Waals surface area contributed by atoms with Gasteiger partial charge in [-0.25, -0.2) is 4.74 Å². The number of hydrogen-bond donors (Lipinski definition) is 0. The molecule has 1 heterocycles. The second-order valence-electron chi connectivity index (χ2n) is 0.623. The molecule has 0 aromatic carbocycles. The molecule has 0 aromatic heterocycles. The first-order valence-corrected chi connectivity index (χ1v) is 2.22. The van der Waals surface area contributed by atoms with Gasteiger partial charge >= 0.3 is 5.98 Å². The van der Waals surface area contributed by atoms with E-state index in [1.165, 1.54) is 0 Å². The van der Waals surface area contributed by atoms with E-state index in [1.807, 2.05) is 5.82 Å². The molecule has 0 fully saturated rings. The van der Waals surface area contributed by atoms with Gasteiger partial charge < -0.3 is 0 Å². The molecular weight excluding hydrogens is 83.0 g/mol. The van der Waals surface area contributed by atoms with E-state index in [0.29, 0.717) is 0 Å². The summed E-state index contributed by atoms with van der Waals surface area (Å²) in [6.45, 7) is 0. The van der Waals surface area contributed by atoms with E-state index < -0.39 is 0 Å². The maximum Gasteiger partial charge on any atom is 0.514 e. The second kappa shape index (κ2) is 1.16. The third-order valence-electron chi connectivity index (χ3n) is 0.309. The quantitative estimate of drug-likeness (QED) is 0.316. The van der Waals surface area contributed by atoms with E-state index in [2.05, 4.69) is 10.7 Å². The topological polar surface area (TPSA) is 9.23 Å². The minimum absolute atomic E-state index is 1.04. The van der Waals surface area contributed by atoms with Gasteiger partial charge in [-0.1, -0.05) is 0 Å². The maximum atomic E-state index is 4.50. The zero-order valence-electron chi connectivity index (χ0n) is 2.51. The lowest BCUT2D eigenvalue weighted by molar-refractivity contribution is 0.510. The maximum absolute atomic E-state index is 4.50.